The Morgan fingerprint density at radius 2 is 1.40 bits per heavy atom. The lowest BCUT2D eigenvalue weighted by molar-refractivity contribution is 0.301. The average molecular weight is 1190 g/mol. The van der Waals surface area contributed by atoms with Crippen LogP contribution in [0, 0.1) is 19.8 Å². The molecule has 5 atom stereocenters. The SMILES string of the molecule is C=Cc1ccc(-c2cc(C)c(OCCCCCC3(c4ccccc4)C4=C(CCC=C4)c4ccc(N(C5=CCC(c6ccc(C(C)(C)C)cc6)C=C5)c5ccc(C6=CC7c8cc(C9=CCC(C=C)CC9)ccc8N(c8ccccc8)C7CC6)cc5)cc43)cc2C)cc1. The molecule has 6 aliphatic rings. The Balaban J connectivity index is 0.783. The van der Waals surface area contributed by atoms with Gasteiger partial charge in [-0.25, -0.2) is 0 Å². The minimum absolute atomic E-state index is 0.111. The lowest BCUT2D eigenvalue weighted by atomic mass is 9.67. The van der Waals surface area contributed by atoms with Gasteiger partial charge >= 0.3 is 0 Å². The summed E-state index contributed by atoms with van der Waals surface area (Å²) < 4.78 is 6.62. The van der Waals surface area contributed by atoms with Gasteiger partial charge in [-0.15, -0.1) is 6.58 Å². The molecular formula is C88H88N2O. The molecule has 1 heterocycles. The third-order valence-corrected chi connectivity index (χ3v) is 21.1. The molecule has 0 saturated heterocycles. The van der Waals surface area contributed by atoms with Gasteiger partial charge in [0.05, 0.1) is 6.61 Å². The summed E-state index contributed by atoms with van der Waals surface area (Å²) in [5.41, 5.74) is 29.1. The van der Waals surface area contributed by atoms with Crippen LogP contribution in [0.3, 0.4) is 0 Å². The number of hydrogen-bond acceptors (Lipinski definition) is 3. The Morgan fingerprint density at radius 1 is 0.648 bits per heavy atom. The Morgan fingerprint density at radius 3 is 2.12 bits per heavy atom. The summed E-state index contributed by atoms with van der Waals surface area (Å²) in [6.45, 7) is 20.0. The van der Waals surface area contributed by atoms with Gasteiger partial charge in [0.15, 0.2) is 0 Å². The highest BCUT2D eigenvalue weighted by Crippen LogP contribution is 2.58. The lowest BCUT2D eigenvalue weighted by Crippen LogP contribution is -2.31. The minimum atomic E-state index is -0.299. The second-order valence-corrected chi connectivity index (χ2v) is 27.6. The molecule has 5 unspecified atom stereocenters. The number of benzene rings is 8. The molecule has 456 valence electrons. The Kier molecular flexibility index (Phi) is 16.7. The largest absolute Gasteiger partial charge is 0.493 e. The molecule has 3 heteroatoms. The molecule has 0 bridgehead atoms. The van der Waals surface area contributed by atoms with Gasteiger partial charge < -0.3 is 14.5 Å². The van der Waals surface area contributed by atoms with E-state index in [4.69, 9.17) is 4.74 Å². The number of unbranched alkanes of at least 4 members (excludes halogenated alkanes) is 2. The summed E-state index contributed by atoms with van der Waals surface area (Å²) in [6.07, 6.45) is 34.1. The van der Waals surface area contributed by atoms with Crippen LogP contribution in [-0.4, -0.2) is 12.6 Å². The molecule has 8 aromatic carbocycles. The minimum Gasteiger partial charge on any atom is -0.493 e. The fourth-order valence-corrected chi connectivity index (χ4v) is 16.0. The fraction of sp³-hybridized carbons (Fsp3) is 0.273. The number of allylic oxidation sites excluding steroid dienone is 11. The molecule has 0 fully saturated rings. The number of fused-ring (bicyclic) bond motifs is 5. The summed E-state index contributed by atoms with van der Waals surface area (Å²) in [4.78, 5) is 5.20. The van der Waals surface area contributed by atoms with E-state index in [-0.39, 0.29) is 10.8 Å². The number of rotatable bonds is 18. The van der Waals surface area contributed by atoms with Crippen molar-refractivity contribution < 1.29 is 4.74 Å². The van der Waals surface area contributed by atoms with E-state index in [0.29, 0.717) is 30.4 Å². The zero-order valence-electron chi connectivity index (χ0n) is 54.2. The number of ether oxygens (including phenoxy) is 1. The van der Waals surface area contributed by atoms with Crippen LogP contribution in [0.15, 0.2) is 255 Å². The standard InChI is InChI=1S/C88H88N2O/c1-8-62-27-31-66(32-28-62)69-41-51-84-80(57-69)81-58-70(42-52-85(81)90(84)73-23-15-11-16-24-73)67-39-47-75(48-40-67)89(74-45-37-65(38-46-74)64-35-43-71(44-36-64)87(5,6)7)76-49-50-78-77-25-17-18-26-82(77)88(83(78)59-76,72-21-13-10-14-22-72)53-19-12-20-54-91-86-56-60(3)79(55-61(86)4)68-33-29-63(9-2)30-34-68/h8-11,13-16,18,21-24,26,29-31,33-37,39-41,43-51,55-59,62,65,81,85H,1-2,12,17,19-20,25,27-28,32,38,42,52-54H2,3-7H3. The first kappa shape index (κ1) is 59.7. The maximum absolute atomic E-state index is 6.62. The van der Waals surface area contributed by atoms with E-state index in [1.165, 1.54) is 124 Å². The predicted molar refractivity (Wildman–Crippen MR) is 387 cm³/mol. The van der Waals surface area contributed by atoms with Crippen LogP contribution in [0.1, 0.15) is 171 Å². The Hall–Kier alpha value is -8.92. The van der Waals surface area contributed by atoms with Crippen LogP contribution < -0.4 is 14.5 Å². The third kappa shape index (κ3) is 11.6. The predicted octanol–water partition coefficient (Wildman–Crippen LogP) is 23.6. The van der Waals surface area contributed by atoms with Crippen LogP contribution in [0.25, 0.3) is 33.9 Å². The van der Waals surface area contributed by atoms with Crippen LogP contribution in [0.2, 0.25) is 0 Å². The fourth-order valence-electron chi connectivity index (χ4n) is 16.0. The average Bonchev–Trinajstić information content (AvgIpc) is 2.04. The Bertz CT molecular complexity index is 4220. The zero-order valence-corrected chi connectivity index (χ0v) is 54.2. The molecule has 0 N–H and O–H groups in total. The summed E-state index contributed by atoms with van der Waals surface area (Å²) in [5.74, 6) is 2.16. The molecular weight excluding hydrogens is 1100 g/mol. The summed E-state index contributed by atoms with van der Waals surface area (Å²) >= 11 is 0. The van der Waals surface area contributed by atoms with E-state index in [2.05, 4.69) is 288 Å². The van der Waals surface area contributed by atoms with Crippen LogP contribution in [0.4, 0.5) is 22.7 Å². The van der Waals surface area contributed by atoms with Crippen LogP contribution in [-0.2, 0) is 10.8 Å². The molecule has 3 nitrogen and oxygen atoms in total. The maximum atomic E-state index is 6.62. The van der Waals surface area contributed by atoms with Crippen LogP contribution in [0.5, 0.6) is 5.75 Å². The van der Waals surface area contributed by atoms with Crippen molar-refractivity contribution in [1.82, 2.24) is 0 Å². The van der Waals surface area contributed by atoms with Gasteiger partial charge in [0.1, 0.15) is 5.75 Å². The monoisotopic (exact) mass is 1190 g/mol. The molecule has 0 aromatic heterocycles. The van der Waals surface area contributed by atoms with E-state index in [0.717, 1.165) is 81.9 Å². The van der Waals surface area contributed by atoms with Crippen molar-refractivity contribution in [3.05, 3.63) is 316 Å². The van der Waals surface area contributed by atoms with E-state index in [1.807, 2.05) is 6.08 Å². The molecule has 91 heavy (non-hydrogen) atoms. The first-order valence-corrected chi connectivity index (χ1v) is 33.9. The van der Waals surface area contributed by atoms with Crippen molar-refractivity contribution in [2.75, 3.05) is 16.4 Å². The Labute approximate surface area is 543 Å². The first-order valence-electron chi connectivity index (χ1n) is 33.9. The zero-order chi connectivity index (χ0) is 62.2. The molecule has 5 aliphatic carbocycles. The molecule has 0 amide bonds. The van der Waals surface area contributed by atoms with Crippen molar-refractivity contribution in [3.63, 3.8) is 0 Å². The summed E-state index contributed by atoms with van der Waals surface area (Å²) in [5, 5.41) is 0. The highest BCUT2D eigenvalue weighted by atomic mass is 16.5. The second-order valence-electron chi connectivity index (χ2n) is 27.6. The van der Waals surface area contributed by atoms with Crippen molar-refractivity contribution >= 4 is 45.5 Å². The third-order valence-electron chi connectivity index (χ3n) is 21.1. The lowest BCUT2D eigenvalue weighted by Gasteiger charge is -2.36. The van der Waals surface area contributed by atoms with Gasteiger partial charge in [0.25, 0.3) is 0 Å². The molecule has 1 aliphatic heterocycles. The van der Waals surface area contributed by atoms with Crippen molar-refractivity contribution in [1.29, 1.82) is 0 Å². The smallest absolute Gasteiger partial charge is 0.122 e. The van der Waals surface area contributed by atoms with Crippen LogP contribution >= 0.6 is 0 Å². The van der Waals surface area contributed by atoms with Crippen molar-refractivity contribution in [3.8, 4) is 16.9 Å². The topological polar surface area (TPSA) is 15.7 Å². The van der Waals surface area contributed by atoms with Gasteiger partial charge in [-0.05, 0) is 251 Å². The highest BCUT2D eigenvalue weighted by molar-refractivity contribution is 5.89. The highest BCUT2D eigenvalue weighted by Gasteiger charge is 2.46. The molecule has 0 spiro atoms. The molecule has 0 saturated carbocycles. The number of aryl methyl sites for hydroxylation is 2. The van der Waals surface area contributed by atoms with Crippen molar-refractivity contribution in [2.45, 2.75) is 140 Å². The molecule has 8 aromatic rings. The van der Waals surface area contributed by atoms with Gasteiger partial charge in [-0.3, -0.25) is 0 Å². The number of nitrogens with zero attached hydrogens (tertiary/aromatic N) is 2. The van der Waals surface area contributed by atoms with E-state index in [1.54, 1.807) is 0 Å². The summed E-state index contributed by atoms with van der Waals surface area (Å²) in [6, 6.07) is 70.0. The van der Waals surface area contributed by atoms with E-state index >= 15 is 0 Å². The van der Waals surface area contributed by atoms with E-state index < -0.39 is 0 Å². The van der Waals surface area contributed by atoms with Crippen molar-refractivity contribution in [2.24, 2.45) is 5.92 Å². The van der Waals surface area contributed by atoms with E-state index in [9.17, 15) is 0 Å². The first-order chi connectivity index (χ1) is 44.4. The molecule has 14 rings (SSSR count). The van der Waals surface area contributed by atoms with Gasteiger partial charge in [0.2, 0.25) is 0 Å². The van der Waals surface area contributed by atoms with Gasteiger partial charge in [-0.1, -0.05) is 210 Å². The number of anilines is 4. The number of para-hydroxylation sites is 1. The second kappa shape index (κ2) is 25.4. The summed E-state index contributed by atoms with van der Waals surface area (Å²) in [7, 11) is 0. The molecule has 0 radical (unpaired) electrons. The quantitative estimate of drug-likeness (QED) is 0.0629. The van der Waals surface area contributed by atoms with Gasteiger partial charge in [-0.2, -0.15) is 0 Å². The van der Waals surface area contributed by atoms with Gasteiger partial charge in [0, 0.05) is 51.7 Å². The normalized spacial score (nSPS) is 20.6. The number of hydrogen-bond donors (Lipinski definition) is 0. The maximum Gasteiger partial charge on any atom is 0.122 e.